The number of carbonyl (C=O) groups is 1. The molecule has 0 spiro atoms. The highest BCUT2D eigenvalue weighted by Crippen LogP contribution is 2.38. The molecule has 1 N–H and O–H groups in total. The summed E-state index contributed by atoms with van der Waals surface area (Å²) >= 11 is 3.29. The molecule has 0 saturated heterocycles. The van der Waals surface area contributed by atoms with Crippen molar-refractivity contribution in [3.8, 4) is 6.07 Å². The van der Waals surface area contributed by atoms with Gasteiger partial charge in [0.1, 0.15) is 16.2 Å². The second-order valence-electron chi connectivity index (χ2n) is 6.04. The van der Waals surface area contributed by atoms with Gasteiger partial charge in [-0.2, -0.15) is 5.26 Å². The van der Waals surface area contributed by atoms with Crippen LogP contribution in [0.25, 0.3) is 6.08 Å². The van der Waals surface area contributed by atoms with Gasteiger partial charge >= 0.3 is 0 Å². The molecule has 1 fully saturated rings. The van der Waals surface area contributed by atoms with E-state index in [0.717, 1.165) is 31.2 Å². The van der Waals surface area contributed by atoms with Crippen molar-refractivity contribution >= 4 is 27.9 Å². The maximum atomic E-state index is 12.7. The van der Waals surface area contributed by atoms with Gasteiger partial charge < -0.3 is 5.32 Å². The van der Waals surface area contributed by atoms with Gasteiger partial charge in [-0.3, -0.25) is 9.78 Å². The fourth-order valence-corrected chi connectivity index (χ4v) is 3.55. The smallest absolute Gasteiger partial charge is 0.262 e. The number of pyridine rings is 2. The molecule has 0 atom stereocenters. The zero-order valence-corrected chi connectivity index (χ0v) is 15.2. The Kier molecular flexibility index (Phi) is 5.25. The number of nitrogens with one attached hydrogen (secondary N) is 1. The first kappa shape index (κ1) is 17.3. The van der Waals surface area contributed by atoms with Crippen molar-refractivity contribution in [1.29, 1.82) is 5.26 Å². The van der Waals surface area contributed by atoms with E-state index in [-0.39, 0.29) is 11.5 Å². The normalized spacial score (nSPS) is 16.2. The number of nitrogens with zero attached hydrogens (tertiary/aromatic N) is 3. The molecule has 1 amide bonds. The summed E-state index contributed by atoms with van der Waals surface area (Å²) in [7, 11) is 0. The van der Waals surface area contributed by atoms with Crippen molar-refractivity contribution in [1.82, 2.24) is 15.3 Å². The van der Waals surface area contributed by atoms with Crippen LogP contribution in [0.2, 0.25) is 0 Å². The first-order valence-corrected chi connectivity index (χ1v) is 8.90. The Balaban J connectivity index is 1.87. The number of rotatable bonds is 4. The Labute approximate surface area is 154 Å². The predicted octanol–water partition coefficient (Wildman–Crippen LogP) is 3.73. The highest BCUT2D eigenvalue weighted by Gasteiger charge is 2.37. The molecule has 0 bridgehead atoms. The molecule has 0 unspecified atom stereocenters. The Hall–Kier alpha value is -2.52. The summed E-state index contributed by atoms with van der Waals surface area (Å²) in [6, 6.07) is 11.2. The first-order chi connectivity index (χ1) is 12.1. The van der Waals surface area contributed by atoms with Gasteiger partial charge in [-0.15, -0.1) is 0 Å². The van der Waals surface area contributed by atoms with Crippen LogP contribution in [0.3, 0.4) is 0 Å². The fourth-order valence-electron chi connectivity index (χ4n) is 3.20. The van der Waals surface area contributed by atoms with Gasteiger partial charge in [-0.1, -0.05) is 25.0 Å². The zero-order chi connectivity index (χ0) is 17.7. The summed E-state index contributed by atoms with van der Waals surface area (Å²) in [5.41, 5.74) is 1.13. The number of hydrogen-bond acceptors (Lipinski definition) is 4. The molecule has 1 aliphatic carbocycles. The highest BCUT2D eigenvalue weighted by atomic mass is 79.9. The van der Waals surface area contributed by atoms with Crippen LogP contribution in [0.4, 0.5) is 0 Å². The van der Waals surface area contributed by atoms with E-state index in [9.17, 15) is 10.1 Å². The highest BCUT2D eigenvalue weighted by molar-refractivity contribution is 9.10. The summed E-state index contributed by atoms with van der Waals surface area (Å²) in [6.07, 6.45) is 8.77. The summed E-state index contributed by atoms with van der Waals surface area (Å²) in [6.45, 7) is 0. The Morgan fingerprint density at radius 1 is 1.28 bits per heavy atom. The molecule has 25 heavy (non-hydrogen) atoms. The topological polar surface area (TPSA) is 78.7 Å². The third-order valence-corrected chi connectivity index (χ3v) is 4.86. The van der Waals surface area contributed by atoms with Crippen LogP contribution in [0.5, 0.6) is 0 Å². The molecule has 1 aliphatic rings. The largest absolute Gasteiger partial charge is 0.342 e. The van der Waals surface area contributed by atoms with E-state index in [2.05, 4.69) is 31.2 Å². The average molecular weight is 397 g/mol. The third-order valence-electron chi connectivity index (χ3n) is 4.42. The van der Waals surface area contributed by atoms with E-state index in [4.69, 9.17) is 0 Å². The van der Waals surface area contributed by atoms with Gasteiger partial charge in [0.15, 0.2) is 0 Å². The number of halogens is 1. The van der Waals surface area contributed by atoms with Gasteiger partial charge in [0.2, 0.25) is 0 Å². The number of amides is 1. The van der Waals surface area contributed by atoms with Gasteiger partial charge in [0, 0.05) is 12.4 Å². The minimum absolute atomic E-state index is 0.0424. The molecular formula is C19H17BrN4O. The molecule has 6 heteroatoms. The van der Waals surface area contributed by atoms with Crippen LogP contribution in [0.1, 0.15) is 36.9 Å². The van der Waals surface area contributed by atoms with E-state index in [1.54, 1.807) is 24.5 Å². The number of carbonyl (C=O) groups excluding carboxylic acids is 1. The quantitative estimate of drug-likeness (QED) is 0.485. The van der Waals surface area contributed by atoms with E-state index in [1.165, 1.54) is 6.08 Å². The zero-order valence-electron chi connectivity index (χ0n) is 13.6. The van der Waals surface area contributed by atoms with Gasteiger partial charge in [-0.25, -0.2) is 4.98 Å². The van der Waals surface area contributed by atoms with E-state index < -0.39 is 5.54 Å². The molecule has 126 valence electrons. The maximum absolute atomic E-state index is 12.7. The molecule has 5 nitrogen and oxygen atoms in total. The summed E-state index contributed by atoms with van der Waals surface area (Å²) in [5.74, 6) is -0.380. The van der Waals surface area contributed by atoms with E-state index >= 15 is 0 Å². The minimum atomic E-state index is -0.452. The van der Waals surface area contributed by atoms with Gasteiger partial charge in [0.25, 0.3) is 5.91 Å². The van der Waals surface area contributed by atoms with Crippen LogP contribution in [0.15, 0.2) is 52.9 Å². The predicted molar refractivity (Wildman–Crippen MR) is 98.1 cm³/mol. The lowest BCUT2D eigenvalue weighted by atomic mass is 9.89. The Bertz CT molecular complexity index is 836. The first-order valence-electron chi connectivity index (χ1n) is 8.10. The molecule has 3 rings (SSSR count). The van der Waals surface area contributed by atoms with E-state index in [0.29, 0.717) is 10.3 Å². The SMILES string of the molecule is N#C/C(=C\c1cccc(Br)n1)C(=O)NC1(c2cccnc2)CCCC1. The summed E-state index contributed by atoms with van der Waals surface area (Å²) in [5, 5.41) is 12.5. The summed E-state index contributed by atoms with van der Waals surface area (Å²) in [4.78, 5) is 21.2. The molecule has 2 aromatic rings. The van der Waals surface area contributed by atoms with Crippen LogP contribution < -0.4 is 5.32 Å². The lowest BCUT2D eigenvalue weighted by Gasteiger charge is -2.30. The molecular weight excluding hydrogens is 380 g/mol. The summed E-state index contributed by atoms with van der Waals surface area (Å²) < 4.78 is 0.654. The maximum Gasteiger partial charge on any atom is 0.262 e. The average Bonchev–Trinajstić information content (AvgIpc) is 3.10. The van der Waals surface area contributed by atoms with Crippen molar-refractivity contribution in [2.45, 2.75) is 31.2 Å². The molecule has 2 aromatic heterocycles. The van der Waals surface area contributed by atoms with Gasteiger partial charge in [-0.05, 0) is 58.6 Å². The second-order valence-corrected chi connectivity index (χ2v) is 6.85. The standard InChI is InChI=1S/C19H17BrN4O/c20-17-7-3-6-16(23-17)11-14(12-21)18(25)24-19(8-1-2-9-19)15-5-4-10-22-13-15/h3-7,10-11,13H,1-2,8-9H2,(H,24,25)/b14-11+. The lowest BCUT2D eigenvalue weighted by Crippen LogP contribution is -2.44. The number of aromatic nitrogens is 2. The van der Waals surface area contributed by atoms with Crippen molar-refractivity contribution in [2.24, 2.45) is 0 Å². The molecule has 2 heterocycles. The third kappa shape index (κ3) is 3.94. The lowest BCUT2D eigenvalue weighted by molar-refractivity contribution is -0.119. The molecule has 0 aromatic carbocycles. The molecule has 0 radical (unpaired) electrons. The monoisotopic (exact) mass is 396 g/mol. The van der Waals surface area contributed by atoms with Crippen molar-refractivity contribution < 1.29 is 4.79 Å². The van der Waals surface area contributed by atoms with Crippen LogP contribution in [-0.4, -0.2) is 15.9 Å². The van der Waals surface area contributed by atoms with Crippen LogP contribution in [0, 0.1) is 11.3 Å². The van der Waals surface area contributed by atoms with Gasteiger partial charge in [0.05, 0.1) is 11.2 Å². The second kappa shape index (κ2) is 7.58. The van der Waals surface area contributed by atoms with E-state index in [1.807, 2.05) is 24.3 Å². The number of hydrogen-bond donors (Lipinski definition) is 1. The Morgan fingerprint density at radius 2 is 2.08 bits per heavy atom. The van der Waals surface area contributed by atoms with Crippen LogP contribution in [-0.2, 0) is 10.3 Å². The number of nitriles is 1. The van der Waals surface area contributed by atoms with Crippen LogP contribution >= 0.6 is 15.9 Å². The van der Waals surface area contributed by atoms with Crippen molar-refractivity contribution in [3.05, 3.63) is 64.2 Å². The molecule has 1 saturated carbocycles. The fraction of sp³-hybridized carbons (Fsp3) is 0.263. The molecule has 0 aliphatic heterocycles. The Morgan fingerprint density at radius 3 is 2.72 bits per heavy atom. The van der Waals surface area contributed by atoms with Crippen molar-refractivity contribution in [2.75, 3.05) is 0 Å². The van der Waals surface area contributed by atoms with Crippen molar-refractivity contribution in [3.63, 3.8) is 0 Å². The minimum Gasteiger partial charge on any atom is -0.342 e.